The number of carbonyl (C=O) groups excluding carboxylic acids is 1. The van der Waals surface area contributed by atoms with Gasteiger partial charge in [-0.2, -0.15) is 0 Å². The quantitative estimate of drug-likeness (QED) is 0.0489. The molecule has 61 heavy (non-hydrogen) atoms. The van der Waals surface area contributed by atoms with Gasteiger partial charge in [0.15, 0.2) is 0 Å². The first-order valence-electron chi connectivity index (χ1n) is 28.6. The first-order valence-corrected chi connectivity index (χ1v) is 28.6. The highest BCUT2D eigenvalue weighted by atomic mass is 16.6. The van der Waals surface area contributed by atoms with Gasteiger partial charge in [0.05, 0.1) is 13.2 Å². The molecule has 0 amide bonds. The Morgan fingerprint density at radius 2 is 0.541 bits per heavy atom. The summed E-state index contributed by atoms with van der Waals surface area (Å²) in [6.07, 6.45) is 68.0. The Labute approximate surface area is 384 Å². The molecule has 0 radical (unpaired) electrons. The Bertz CT molecular complexity index is 785. The molecule has 0 bridgehead atoms. The monoisotopic (exact) mass is 863 g/mol. The van der Waals surface area contributed by atoms with Crippen LogP contribution in [0.25, 0.3) is 0 Å². The van der Waals surface area contributed by atoms with E-state index in [1.807, 2.05) is 0 Å². The van der Waals surface area contributed by atoms with Gasteiger partial charge in [-0.05, 0) is 12.8 Å². The Balaban J connectivity index is 3.30. The van der Waals surface area contributed by atoms with Crippen LogP contribution in [-0.4, -0.2) is 37.0 Å². The number of carbonyl (C=O) groups is 1. The molecule has 1 unspecified atom stereocenters. The largest absolute Gasteiger partial charge is 0.457 e. The van der Waals surface area contributed by atoms with Crippen LogP contribution in [0.4, 0.5) is 0 Å². The van der Waals surface area contributed by atoms with E-state index in [0.29, 0.717) is 19.6 Å². The summed E-state index contributed by atoms with van der Waals surface area (Å²) in [7, 11) is 0. The van der Waals surface area contributed by atoms with Crippen molar-refractivity contribution in [2.75, 3.05) is 19.8 Å². The maximum atomic E-state index is 12.3. The van der Waals surface area contributed by atoms with Gasteiger partial charge in [0.2, 0.25) is 0 Å². The number of ether oxygens (including phenoxy) is 2. The standard InChI is InChI=1S/C57H114O4/c1-3-5-7-9-11-13-15-17-19-21-23-25-27-29-31-33-35-37-39-41-43-45-47-49-51-53-60-55-56(54-58)61-57(59)52-50-48-46-44-42-40-38-36-34-32-30-28-26-24-22-20-18-16-14-12-10-8-6-4-2/h56,58H,3-55H2,1-2H3. The van der Waals surface area contributed by atoms with Gasteiger partial charge in [0, 0.05) is 13.0 Å². The molecule has 0 aliphatic rings. The van der Waals surface area contributed by atoms with Crippen molar-refractivity contribution >= 4 is 5.97 Å². The predicted octanol–water partition coefficient (Wildman–Crippen LogP) is 19.5. The van der Waals surface area contributed by atoms with Gasteiger partial charge in [-0.15, -0.1) is 0 Å². The smallest absolute Gasteiger partial charge is 0.306 e. The van der Waals surface area contributed by atoms with Crippen LogP contribution in [0.3, 0.4) is 0 Å². The molecule has 0 fully saturated rings. The molecule has 366 valence electrons. The molecule has 0 saturated heterocycles. The van der Waals surface area contributed by atoms with E-state index in [4.69, 9.17) is 9.47 Å². The topological polar surface area (TPSA) is 55.8 Å². The lowest BCUT2D eigenvalue weighted by atomic mass is 10.0. The molecular formula is C57H114O4. The van der Waals surface area contributed by atoms with E-state index in [-0.39, 0.29) is 12.6 Å². The van der Waals surface area contributed by atoms with Gasteiger partial charge >= 0.3 is 5.97 Å². The lowest BCUT2D eigenvalue weighted by molar-refractivity contribution is -0.154. The maximum Gasteiger partial charge on any atom is 0.306 e. The average Bonchev–Trinajstić information content (AvgIpc) is 3.27. The van der Waals surface area contributed by atoms with Gasteiger partial charge < -0.3 is 14.6 Å². The van der Waals surface area contributed by atoms with E-state index in [9.17, 15) is 9.90 Å². The van der Waals surface area contributed by atoms with Crippen molar-refractivity contribution in [3.63, 3.8) is 0 Å². The van der Waals surface area contributed by atoms with Crippen LogP contribution in [0.15, 0.2) is 0 Å². The second-order valence-corrected chi connectivity index (χ2v) is 19.7. The van der Waals surface area contributed by atoms with E-state index in [0.717, 1.165) is 19.3 Å². The molecule has 0 aromatic rings. The van der Waals surface area contributed by atoms with E-state index < -0.39 is 6.10 Å². The van der Waals surface area contributed by atoms with Crippen molar-refractivity contribution < 1.29 is 19.4 Å². The number of rotatable bonds is 55. The zero-order chi connectivity index (χ0) is 44.0. The van der Waals surface area contributed by atoms with Gasteiger partial charge in [-0.1, -0.05) is 316 Å². The van der Waals surface area contributed by atoms with Crippen molar-refractivity contribution in [1.29, 1.82) is 0 Å². The third-order valence-corrected chi connectivity index (χ3v) is 13.4. The number of aliphatic hydroxyl groups excluding tert-OH is 1. The van der Waals surface area contributed by atoms with E-state index >= 15 is 0 Å². The minimum absolute atomic E-state index is 0.162. The van der Waals surface area contributed by atoms with Gasteiger partial charge in [-0.25, -0.2) is 0 Å². The van der Waals surface area contributed by atoms with Crippen LogP contribution in [0.2, 0.25) is 0 Å². The van der Waals surface area contributed by atoms with Crippen LogP contribution in [0.5, 0.6) is 0 Å². The molecule has 4 heteroatoms. The zero-order valence-corrected chi connectivity index (χ0v) is 42.2. The van der Waals surface area contributed by atoms with Crippen molar-refractivity contribution in [3.05, 3.63) is 0 Å². The summed E-state index contributed by atoms with van der Waals surface area (Å²) in [6, 6.07) is 0. The Hall–Kier alpha value is -0.610. The molecule has 1 atom stereocenters. The number of aliphatic hydroxyl groups is 1. The molecule has 1 N–H and O–H groups in total. The number of hydrogen-bond acceptors (Lipinski definition) is 4. The Morgan fingerprint density at radius 1 is 0.328 bits per heavy atom. The first-order chi connectivity index (χ1) is 30.2. The molecule has 0 aromatic carbocycles. The third kappa shape index (κ3) is 53.6. The second kappa shape index (κ2) is 55.5. The molecule has 0 aliphatic carbocycles. The highest BCUT2D eigenvalue weighted by Gasteiger charge is 2.13. The molecule has 0 rings (SSSR count). The summed E-state index contributed by atoms with van der Waals surface area (Å²) in [6.45, 7) is 5.43. The highest BCUT2D eigenvalue weighted by molar-refractivity contribution is 5.69. The van der Waals surface area contributed by atoms with Gasteiger partial charge in [0.1, 0.15) is 6.10 Å². The van der Waals surface area contributed by atoms with Crippen LogP contribution >= 0.6 is 0 Å². The van der Waals surface area contributed by atoms with Crippen LogP contribution in [0.1, 0.15) is 335 Å². The first kappa shape index (κ1) is 60.4. The molecular weight excluding hydrogens is 749 g/mol. The minimum atomic E-state index is -0.527. The van der Waals surface area contributed by atoms with E-state index in [1.54, 1.807) is 0 Å². The predicted molar refractivity (Wildman–Crippen MR) is 270 cm³/mol. The second-order valence-electron chi connectivity index (χ2n) is 19.7. The molecule has 0 spiro atoms. The van der Waals surface area contributed by atoms with E-state index in [2.05, 4.69) is 13.8 Å². The number of hydrogen-bond donors (Lipinski definition) is 1. The van der Waals surface area contributed by atoms with Crippen LogP contribution in [0, 0.1) is 0 Å². The van der Waals surface area contributed by atoms with Crippen LogP contribution < -0.4 is 0 Å². The fraction of sp³-hybridized carbons (Fsp3) is 0.982. The van der Waals surface area contributed by atoms with Gasteiger partial charge in [-0.3, -0.25) is 4.79 Å². The summed E-state index contributed by atoms with van der Waals surface area (Å²) in [5.41, 5.74) is 0. The number of unbranched alkanes of at least 4 members (excludes halogenated alkanes) is 47. The summed E-state index contributed by atoms with van der Waals surface area (Å²) in [5, 5.41) is 9.68. The Morgan fingerprint density at radius 3 is 0.770 bits per heavy atom. The molecule has 0 saturated carbocycles. The molecule has 4 nitrogen and oxygen atoms in total. The summed E-state index contributed by atoms with van der Waals surface area (Å²) < 4.78 is 11.3. The van der Waals surface area contributed by atoms with Gasteiger partial charge in [0.25, 0.3) is 0 Å². The molecule has 0 aromatic heterocycles. The third-order valence-electron chi connectivity index (χ3n) is 13.4. The van der Waals surface area contributed by atoms with E-state index in [1.165, 1.54) is 295 Å². The average molecular weight is 864 g/mol. The van der Waals surface area contributed by atoms with Crippen molar-refractivity contribution in [2.24, 2.45) is 0 Å². The summed E-state index contributed by atoms with van der Waals surface area (Å²) >= 11 is 0. The zero-order valence-electron chi connectivity index (χ0n) is 42.2. The molecule has 0 aliphatic heterocycles. The van der Waals surface area contributed by atoms with Crippen molar-refractivity contribution in [3.8, 4) is 0 Å². The summed E-state index contributed by atoms with van der Waals surface area (Å²) in [4.78, 5) is 12.3. The minimum Gasteiger partial charge on any atom is -0.457 e. The maximum absolute atomic E-state index is 12.3. The number of esters is 1. The Kier molecular flexibility index (Phi) is 55.0. The summed E-state index contributed by atoms with van der Waals surface area (Å²) in [5.74, 6) is -0.188. The SMILES string of the molecule is CCCCCCCCCCCCCCCCCCCCCCCCCCCOCC(CO)OC(=O)CCCCCCCCCCCCCCCCCCCCCCCCCC. The lowest BCUT2D eigenvalue weighted by Crippen LogP contribution is -2.27. The normalized spacial score (nSPS) is 12.1. The lowest BCUT2D eigenvalue weighted by Gasteiger charge is -2.16. The fourth-order valence-electron chi connectivity index (χ4n) is 9.16. The highest BCUT2D eigenvalue weighted by Crippen LogP contribution is 2.18. The molecule has 0 heterocycles. The fourth-order valence-corrected chi connectivity index (χ4v) is 9.16. The van der Waals surface area contributed by atoms with Crippen molar-refractivity contribution in [2.45, 2.75) is 341 Å². The van der Waals surface area contributed by atoms with Crippen molar-refractivity contribution in [1.82, 2.24) is 0 Å². The van der Waals surface area contributed by atoms with Crippen LogP contribution in [-0.2, 0) is 14.3 Å².